The largest absolute Gasteiger partial charge is 0.391 e. The molecule has 0 bridgehead atoms. The van der Waals surface area contributed by atoms with Gasteiger partial charge in [-0.2, -0.15) is 0 Å². The van der Waals surface area contributed by atoms with E-state index in [1.54, 1.807) is 46.2 Å². The van der Waals surface area contributed by atoms with Crippen LogP contribution in [0, 0.1) is 23.7 Å². The normalized spacial score (nSPS) is 15.3. The Hall–Kier alpha value is -1.90. The first-order chi connectivity index (χ1) is 28.5. The zero-order valence-electron chi connectivity index (χ0n) is 38.5. The van der Waals surface area contributed by atoms with E-state index in [2.05, 4.69) is 127 Å². The molecule has 61 heavy (non-hydrogen) atoms. The highest BCUT2D eigenvalue weighted by Gasteiger charge is 2.32. The van der Waals surface area contributed by atoms with Crippen LogP contribution >= 0.6 is 91.5 Å². The average Bonchev–Trinajstić information content (AvgIpc) is 3.96. The van der Waals surface area contributed by atoms with Crippen molar-refractivity contribution >= 4 is 106 Å². The van der Waals surface area contributed by atoms with E-state index in [0.717, 1.165) is 60.3 Å². The number of nitrogens with one attached hydrogen (secondary N) is 1. The van der Waals surface area contributed by atoms with Gasteiger partial charge in [0.25, 0.3) is 0 Å². The minimum Gasteiger partial charge on any atom is -0.391 e. The van der Waals surface area contributed by atoms with Gasteiger partial charge in [-0.25, -0.2) is 9.97 Å². The van der Waals surface area contributed by atoms with Gasteiger partial charge in [0.1, 0.15) is 20.4 Å². The summed E-state index contributed by atoms with van der Waals surface area (Å²) in [6, 6.07) is 9.75. The third kappa shape index (κ3) is 10.8. The maximum atomic E-state index is 6.82. The van der Waals surface area contributed by atoms with Crippen molar-refractivity contribution in [1.82, 2.24) is 15.3 Å². The van der Waals surface area contributed by atoms with Crippen molar-refractivity contribution in [3.05, 3.63) is 82.7 Å². The van der Waals surface area contributed by atoms with E-state index in [0.29, 0.717) is 23.7 Å². The van der Waals surface area contributed by atoms with Gasteiger partial charge < -0.3 is 11.1 Å². The van der Waals surface area contributed by atoms with Crippen LogP contribution in [0.25, 0.3) is 44.1 Å². The highest BCUT2D eigenvalue weighted by molar-refractivity contribution is 8.13. The molecule has 1 aliphatic rings. The number of hydrogen-bond acceptors (Lipinski definition) is 12. The van der Waals surface area contributed by atoms with E-state index in [1.807, 2.05) is 45.3 Å². The Kier molecular flexibility index (Phi) is 14.3. The first kappa shape index (κ1) is 47.1. The molecular weight excluding hydrogens is 901 g/mol. The minimum atomic E-state index is 0.113. The van der Waals surface area contributed by atoms with E-state index in [9.17, 15) is 0 Å². The van der Waals surface area contributed by atoms with Gasteiger partial charge in [-0.15, -0.1) is 45.3 Å². The van der Waals surface area contributed by atoms with Gasteiger partial charge >= 0.3 is 0 Å². The number of fused-ring (bicyclic) bond motifs is 1. The topological polar surface area (TPSA) is 63.8 Å². The second-order valence-electron chi connectivity index (χ2n) is 20.3. The summed E-state index contributed by atoms with van der Waals surface area (Å²) in [6.45, 7) is 37.0. The maximum absolute atomic E-state index is 6.82. The van der Waals surface area contributed by atoms with Crippen LogP contribution in [-0.4, -0.2) is 9.97 Å². The molecule has 4 nitrogen and oxygen atoms in total. The number of thiophene rings is 4. The SMILES string of the molecule is C=C(SC1=C(N)SC(c2sc(C(C)(C)C)cc2CC(C)C)N1)c1sc(-c2cc(CC(C)C)c(-c3nc4sc(-c5sc(C(C)(C)C)cc5CC(C)C)nc4s3)s2)cc1CC(C)C. The molecule has 7 heterocycles. The number of thiazole rings is 2. The highest BCUT2D eigenvalue weighted by Crippen LogP contribution is 2.52. The van der Waals surface area contributed by atoms with E-state index >= 15 is 0 Å². The van der Waals surface area contributed by atoms with Crippen molar-refractivity contribution in [3.63, 3.8) is 0 Å². The molecule has 1 aliphatic heterocycles. The van der Waals surface area contributed by atoms with Crippen LogP contribution in [0.5, 0.6) is 0 Å². The number of thioether (sulfide) groups is 2. The van der Waals surface area contributed by atoms with E-state index in [1.165, 1.54) is 61.3 Å². The fourth-order valence-corrected chi connectivity index (χ4v) is 17.0. The van der Waals surface area contributed by atoms with Crippen molar-refractivity contribution in [2.75, 3.05) is 0 Å². The van der Waals surface area contributed by atoms with Crippen molar-refractivity contribution in [2.24, 2.45) is 29.4 Å². The van der Waals surface area contributed by atoms with Gasteiger partial charge in [0.2, 0.25) is 0 Å². The average molecular weight is 966 g/mol. The van der Waals surface area contributed by atoms with Gasteiger partial charge in [0, 0.05) is 34.2 Å². The Morgan fingerprint density at radius 2 is 1.10 bits per heavy atom. The maximum Gasteiger partial charge on any atom is 0.155 e. The lowest BCUT2D eigenvalue weighted by Crippen LogP contribution is -2.12. The first-order valence-corrected chi connectivity index (χ1v) is 28.2. The Morgan fingerprint density at radius 3 is 1.66 bits per heavy atom. The predicted molar refractivity (Wildman–Crippen MR) is 282 cm³/mol. The Balaban J connectivity index is 1.17. The summed E-state index contributed by atoms with van der Waals surface area (Å²) < 4.78 is 0. The highest BCUT2D eigenvalue weighted by atomic mass is 32.2. The fourth-order valence-electron chi connectivity index (χ4n) is 7.51. The summed E-state index contributed by atoms with van der Waals surface area (Å²) in [5, 5.41) is 8.05. The first-order valence-electron chi connectivity index (χ1n) is 21.6. The second kappa shape index (κ2) is 18.5. The molecular formula is C49H64N4S8. The molecule has 0 spiro atoms. The van der Waals surface area contributed by atoms with Crippen LogP contribution < -0.4 is 11.1 Å². The van der Waals surface area contributed by atoms with Crippen LogP contribution in [0.3, 0.4) is 0 Å². The van der Waals surface area contributed by atoms with E-state index < -0.39 is 0 Å². The second-order valence-corrected chi connectivity index (χ2v) is 28.7. The number of rotatable bonds is 15. The number of aromatic nitrogens is 2. The Morgan fingerprint density at radius 1 is 0.639 bits per heavy atom. The molecule has 1 atom stereocenters. The van der Waals surface area contributed by atoms with Gasteiger partial charge in [0.15, 0.2) is 9.66 Å². The molecule has 0 amide bonds. The molecule has 12 heteroatoms. The van der Waals surface area contributed by atoms with Crippen LogP contribution in [0.4, 0.5) is 0 Å². The zero-order valence-corrected chi connectivity index (χ0v) is 45.0. The van der Waals surface area contributed by atoms with Crippen molar-refractivity contribution in [2.45, 2.75) is 139 Å². The molecule has 3 N–H and O–H groups in total. The smallest absolute Gasteiger partial charge is 0.155 e. The molecule has 6 aromatic heterocycles. The molecule has 7 rings (SSSR count). The minimum absolute atomic E-state index is 0.113. The molecule has 1 unspecified atom stereocenters. The molecule has 0 fully saturated rings. The number of nitrogens with zero attached hydrogens (tertiary/aromatic N) is 2. The molecule has 0 aliphatic carbocycles. The lowest BCUT2D eigenvalue weighted by Gasteiger charge is -2.16. The summed E-state index contributed by atoms with van der Waals surface area (Å²) >= 11 is 14.6. The van der Waals surface area contributed by atoms with Gasteiger partial charge in [-0.1, -0.05) is 150 Å². The van der Waals surface area contributed by atoms with Gasteiger partial charge in [-0.05, 0) is 107 Å². The quantitative estimate of drug-likeness (QED) is 0.107. The Labute approximate surface area is 398 Å². The number of nitrogens with two attached hydrogens (primary N) is 1. The van der Waals surface area contributed by atoms with Crippen molar-refractivity contribution in [3.8, 4) is 29.5 Å². The lowest BCUT2D eigenvalue weighted by molar-refractivity contribution is 0.600. The predicted octanol–water partition coefficient (Wildman–Crippen LogP) is 17.2. The van der Waals surface area contributed by atoms with Crippen molar-refractivity contribution < 1.29 is 0 Å². The van der Waals surface area contributed by atoms with Gasteiger partial charge in [-0.3, -0.25) is 0 Å². The van der Waals surface area contributed by atoms with E-state index in [4.69, 9.17) is 22.3 Å². The van der Waals surface area contributed by atoms with Crippen LogP contribution in [0.15, 0.2) is 40.9 Å². The van der Waals surface area contributed by atoms with Crippen LogP contribution in [0.1, 0.15) is 144 Å². The van der Waals surface area contributed by atoms with E-state index in [-0.39, 0.29) is 16.2 Å². The van der Waals surface area contributed by atoms with Crippen LogP contribution in [-0.2, 0) is 36.5 Å². The number of hydrogen-bond donors (Lipinski definition) is 2. The fraction of sp³-hybridized carbons (Fsp3) is 0.510. The molecule has 0 saturated heterocycles. The van der Waals surface area contributed by atoms with Crippen molar-refractivity contribution in [1.29, 1.82) is 0 Å². The molecule has 6 aromatic rings. The Bertz CT molecular complexity index is 2510. The summed E-state index contributed by atoms with van der Waals surface area (Å²) in [5.41, 5.74) is 12.7. The molecule has 0 aromatic carbocycles. The summed E-state index contributed by atoms with van der Waals surface area (Å²) in [4.78, 5) is 24.5. The van der Waals surface area contributed by atoms with Gasteiger partial charge in [0.05, 0.1) is 14.8 Å². The monoisotopic (exact) mass is 964 g/mol. The molecule has 0 radical (unpaired) electrons. The molecule has 328 valence electrons. The third-order valence-corrected chi connectivity index (χ3v) is 21.0. The standard InChI is InChI=1S/C49H64N4S8/c1-24(2)16-29-20-33(55-37(29)28(9)54-45-41(50)59-42(51-45)39-31(18-26(5)6)22-35(57-39)48(10,11)12)34-21-30(17-25(3)4)38(56-34)43-52-46-47(60-43)53-44(61-46)40-32(19-27(7)8)23-36(58-40)49(13,14)15/h20-27,42,51H,9,16-19,50H2,1-8,10-15H3. The zero-order chi connectivity index (χ0) is 44.3. The molecule has 0 saturated carbocycles. The summed E-state index contributed by atoms with van der Waals surface area (Å²) in [6.07, 6.45) is 4.15. The van der Waals surface area contributed by atoms with Crippen LogP contribution in [0.2, 0.25) is 0 Å². The summed E-state index contributed by atoms with van der Waals surface area (Å²) in [7, 11) is 0. The third-order valence-electron chi connectivity index (χ3n) is 10.3. The summed E-state index contributed by atoms with van der Waals surface area (Å²) in [5.74, 6) is 2.23. The lowest BCUT2D eigenvalue weighted by atomic mass is 9.93.